The van der Waals surface area contributed by atoms with Crippen molar-refractivity contribution in [1.82, 2.24) is 0 Å². The smallest absolute Gasteiger partial charge is 0.294 e. The maximum atomic E-state index is 13.2. The van der Waals surface area contributed by atoms with Crippen LogP contribution >= 0.6 is 11.6 Å². The zero-order valence-corrected chi connectivity index (χ0v) is 9.29. The van der Waals surface area contributed by atoms with Gasteiger partial charge < -0.3 is 5.32 Å². The summed E-state index contributed by atoms with van der Waals surface area (Å²) in [6, 6.07) is 2.30. The topological polar surface area (TPSA) is 55.2 Å². The molecule has 1 N–H and O–H groups in total. The Morgan fingerprint density at radius 3 is 2.75 bits per heavy atom. The summed E-state index contributed by atoms with van der Waals surface area (Å²) < 4.78 is 13.2. The lowest BCUT2D eigenvalue weighted by atomic mass is 10.2. The minimum absolute atomic E-state index is 0.189. The first-order valence-electron chi connectivity index (χ1n) is 4.89. The zero-order valence-electron chi connectivity index (χ0n) is 8.54. The number of nitro benzene ring substituents is 1. The van der Waals surface area contributed by atoms with E-state index in [0.717, 1.165) is 18.6 Å². The Bertz CT molecular complexity index is 453. The summed E-state index contributed by atoms with van der Waals surface area (Å²) in [6.07, 6.45) is 0.946. The molecule has 1 saturated carbocycles. The zero-order chi connectivity index (χ0) is 11.9. The van der Waals surface area contributed by atoms with Crippen LogP contribution in [-0.2, 0) is 0 Å². The first-order chi connectivity index (χ1) is 7.49. The van der Waals surface area contributed by atoms with Gasteiger partial charge in [-0.2, -0.15) is 0 Å². The van der Waals surface area contributed by atoms with Crippen LogP contribution in [-0.4, -0.2) is 11.0 Å². The summed E-state index contributed by atoms with van der Waals surface area (Å²) >= 11 is 5.50. The molecule has 6 heteroatoms. The predicted molar refractivity (Wildman–Crippen MR) is 59.3 cm³/mol. The SMILES string of the molecule is CC1CC1Nc1cc(F)c(Cl)cc1[N+](=O)[O-]. The Labute approximate surface area is 96.6 Å². The minimum Gasteiger partial charge on any atom is -0.376 e. The molecule has 2 unspecified atom stereocenters. The van der Waals surface area contributed by atoms with Gasteiger partial charge in [0, 0.05) is 18.2 Å². The molecule has 1 fully saturated rings. The van der Waals surface area contributed by atoms with Gasteiger partial charge in [-0.25, -0.2) is 4.39 Å². The largest absolute Gasteiger partial charge is 0.376 e. The second-order valence-electron chi connectivity index (χ2n) is 4.00. The van der Waals surface area contributed by atoms with Gasteiger partial charge in [-0.15, -0.1) is 0 Å². The normalized spacial score (nSPS) is 22.9. The van der Waals surface area contributed by atoms with Crippen molar-refractivity contribution in [1.29, 1.82) is 0 Å². The third-order valence-electron chi connectivity index (χ3n) is 2.69. The number of hydrogen-bond acceptors (Lipinski definition) is 3. The molecule has 0 aromatic heterocycles. The molecule has 4 nitrogen and oxygen atoms in total. The molecule has 0 aliphatic heterocycles. The van der Waals surface area contributed by atoms with Crippen molar-refractivity contribution in [2.24, 2.45) is 5.92 Å². The molecule has 86 valence electrons. The molecule has 1 aliphatic rings. The van der Waals surface area contributed by atoms with Crippen LogP contribution in [0.25, 0.3) is 0 Å². The first kappa shape index (κ1) is 11.1. The lowest BCUT2D eigenvalue weighted by Gasteiger charge is -2.06. The van der Waals surface area contributed by atoms with Gasteiger partial charge in [-0.1, -0.05) is 18.5 Å². The highest BCUT2D eigenvalue weighted by Gasteiger charge is 2.34. The van der Waals surface area contributed by atoms with E-state index >= 15 is 0 Å². The van der Waals surface area contributed by atoms with Crippen molar-refractivity contribution in [2.75, 3.05) is 5.32 Å². The molecule has 0 amide bonds. The van der Waals surface area contributed by atoms with E-state index in [-0.39, 0.29) is 22.4 Å². The Morgan fingerprint density at radius 1 is 1.62 bits per heavy atom. The maximum absolute atomic E-state index is 13.2. The van der Waals surface area contributed by atoms with Crippen LogP contribution < -0.4 is 5.32 Å². The Morgan fingerprint density at radius 2 is 2.25 bits per heavy atom. The van der Waals surface area contributed by atoms with Gasteiger partial charge in [0.1, 0.15) is 11.5 Å². The summed E-state index contributed by atoms with van der Waals surface area (Å²) in [5.74, 6) is -0.179. The van der Waals surface area contributed by atoms with Crippen molar-refractivity contribution in [3.05, 3.63) is 33.1 Å². The van der Waals surface area contributed by atoms with Crippen LogP contribution in [0.1, 0.15) is 13.3 Å². The number of nitrogens with one attached hydrogen (secondary N) is 1. The second-order valence-corrected chi connectivity index (χ2v) is 4.41. The van der Waals surface area contributed by atoms with Crippen LogP contribution in [0.4, 0.5) is 15.8 Å². The number of rotatable bonds is 3. The molecule has 1 aliphatic carbocycles. The number of halogens is 2. The van der Waals surface area contributed by atoms with E-state index in [9.17, 15) is 14.5 Å². The maximum Gasteiger partial charge on any atom is 0.294 e. The molecule has 0 radical (unpaired) electrons. The highest BCUT2D eigenvalue weighted by molar-refractivity contribution is 6.31. The van der Waals surface area contributed by atoms with Crippen molar-refractivity contribution >= 4 is 23.0 Å². The average Bonchev–Trinajstić information content (AvgIpc) is 2.87. The summed E-state index contributed by atoms with van der Waals surface area (Å²) in [6.45, 7) is 2.02. The second kappa shape index (κ2) is 3.90. The molecule has 1 aromatic rings. The van der Waals surface area contributed by atoms with Crippen LogP contribution in [0.3, 0.4) is 0 Å². The lowest BCUT2D eigenvalue weighted by Crippen LogP contribution is -2.06. The lowest BCUT2D eigenvalue weighted by molar-refractivity contribution is -0.384. The van der Waals surface area contributed by atoms with Crippen molar-refractivity contribution in [2.45, 2.75) is 19.4 Å². The number of benzene rings is 1. The number of hydrogen-bond donors (Lipinski definition) is 1. The number of anilines is 1. The van der Waals surface area contributed by atoms with E-state index in [4.69, 9.17) is 11.6 Å². The molecule has 1 aromatic carbocycles. The quantitative estimate of drug-likeness (QED) is 0.656. The van der Waals surface area contributed by atoms with Gasteiger partial charge in [0.15, 0.2) is 0 Å². The fraction of sp³-hybridized carbons (Fsp3) is 0.400. The fourth-order valence-electron chi connectivity index (χ4n) is 1.53. The molecule has 16 heavy (non-hydrogen) atoms. The number of nitro groups is 1. The van der Waals surface area contributed by atoms with Crippen molar-refractivity contribution < 1.29 is 9.31 Å². The average molecular weight is 245 g/mol. The Kier molecular flexibility index (Phi) is 2.71. The van der Waals surface area contributed by atoms with Gasteiger partial charge in [0.25, 0.3) is 5.69 Å². The monoisotopic (exact) mass is 244 g/mol. The van der Waals surface area contributed by atoms with Crippen LogP contribution in [0, 0.1) is 21.8 Å². The summed E-state index contributed by atoms with van der Waals surface area (Å²) in [5.41, 5.74) is 0.00625. The van der Waals surface area contributed by atoms with Crippen LogP contribution in [0.15, 0.2) is 12.1 Å². The van der Waals surface area contributed by atoms with Crippen molar-refractivity contribution in [3.63, 3.8) is 0 Å². The summed E-state index contributed by atoms with van der Waals surface area (Å²) in [7, 11) is 0. The third kappa shape index (κ3) is 2.09. The van der Waals surface area contributed by atoms with E-state index in [1.807, 2.05) is 6.92 Å². The van der Waals surface area contributed by atoms with Gasteiger partial charge in [-0.05, 0) is 12.3 Å². The molecule has 0 bridgehead atoms. The molecular weight excluding hydrogens is 235 g/mol. The molecule has 2 rings (SSSR count). The molecule has 0 spiro atoms. The van der Waals surface area contributed by atoms with Gasteiger partial charge in [0.2, 0.25) is 0 Å². The highest BCUT2D eigenvalue weighted by Crippen LogP contribution is 2.37. The van der Waals surface area contributed by atoms with E-state index in [1.165, 1.54) is 0 Å². The van der Waals surface area contributed by atoms with Gasteiger partial charge >= 0.3 is 0 Å². The summed E-state index contributed by atoms with van der Waals surface area (Å²) in [4.78, 5) is 10.2. The standard InChI is InChI=1S/C10H10ClFN2O2/c1-5-2-8(5)13-9-4-7(12)6(11)3-10(9)14(15)16/h3-5,8,13H,2H2,1H3. The molecule has 0 heterocycles. The van der Waals surface area contributed by atoms with E-state index in [2.05, 4.69) is 5.32 Å². The third-order valence-corrected chi connectivity index (χ3v) is 2.98. The van der Waals surface area contributed by atoms with E-state index in [0.29, 0.717) is 5.92 Å². The van der Waals surface area contributed by atoms with Gasteiger partial charge in [0.05, 0.1) is 9.95 Å². The van der Waals surface area contributed by atoms with E-state index < -0.39 is 10.7 Å². The fourth-order valence-corrected chi connectivity index (χ4v) is 1.68. The molecule has 0 saturated heterocycles. The van der Waals surface area contributed by atoms with Gasteiger partial charge in [-0.3, -0.25) is 10.1 Å². The Balaban J connectivity index is 2.33. The summed E-state index contributed by atoms with van der Waals surface area (Å²) in [5, 5.41) is 13.5. The molecule has 2 atom stereocenters. The highest BCUT2D eigenvalue weighted by atomic mass is 35.5. The van der Waals surface area contributed by atoms with Crippen LogP contribution in [0.5, 0.6) is 0 Å². The Hall–Kier alpha value is -1.36. The minimum atomic E-state index is -0.650. The first-order valence-corrected chi connectivity index (χ1v) is 5.27. The van der Waals surface area contributed by atoms with E-state index in [1.54, 1.807) is 0 Å². The number of nitrogens with zero attached hydrogens (tertiary/aromatic N) is 1. The van der Waals surface area contributed by atoms with Crippen molar-refractivity contribution in [3.8, 4) is 0 Å². The predicted octanol–water partition coefficient (Wildman–Crippen LogP) is 3.21. The van der Waals surface area contributed by atoms with Crippen LogP contribution in [0.2, 0.25) is 5.02 Å². The molecular formula is C10H10ClFN2O2.